The normalized spacial score (nSPS) is 30.4. The molecule has 2 rings (SSSR count). The van der Waals surface area contributed by atoms with Crippen LogP contribution >= 0.6 is 15.9 Å². The molecule has 0 radical (unpaired) electrons. The van der Waals surface area contributed by atoms with Crippen LogP contribution in [0.5, 0.6) is 0 Å². The van der Waals surface area contributed by atoms with Crippen LogP contribution in [0.3, 0.4) is 0 Å². The third kappa shape index (κ3) is 1.66. The lowest BCUT2D eigenvalue weighted by molar-refractivity contribution is 0.0411. The Kier molecular flexibility index (Phi) is 2.31. The minimum absolute atomic E-state index is 0.692. The van der Waals surface area contributed by atoms with Gasteiger partial charge in [-0.2, -0.15) is 0 Å². The first-order valence-electron chi connectivity index (χ1n) is 4.24. The van der Waals surface area contributed by atoms with Crippen LogP contribution in [-0.4, -0.2) is 10.8 Å². The molecule has 74 valence electrons. The van der Waals surface area contributed by atoms with Crippen molar-refractivity contribution in [2.45, 2.75) is 17.6 Å². The molecule has 1 heterocycles. The zero-order valence-electron chi connectivity index (χ0n) is 7.58. The van der Waals surface area contributed by atoms with E-state index in [4.69, 9.17) is 4.84 Å². The van der Waals surface area contributed by atoms with E-state index in [-0.39, 0.29) is 0 Å². The van der Waals surface area contributed by atoms with Gasteiger partial charge in [0, 0.05) is 0 Å². The molecule has 2 unspecified atom stereocenters. The molecular weight excluding hydrogens is 249 g/mol. The number of alkyl halides is 2. The number of benzene rings is 1. The van der Waals surface area contributed by atoms with Crippen molar-refractivity contribution in [2.24, 2.45) is 5.16 Å². The van der Waals surface area contributed by atoms with Gasteiger partial charge in [0.2, 0.25) is 10.7 Å². The van der Waals surface area contributed by atoms with Gasteiger partial charge < -0.3 is 4.84 Å². The molecule has 0 amide bonds. The van der Waals surface area contributed by atoms with Gasteiger partial charge in [0.05, 0.1) is 6.21 Å². The van der Waals surface area contributed by atoms with Crippen LogP contribution in [0.15, 0.2) is 29.4 Å². The third-order valence-corrected chi connectivity index (χ3v) is 2.74. The van der Waals surface area contributed by atoms with E-state index >= 15 is 0 Å². The summed E-state index contributed by atoms with van der Waals surface area (Å²) in [5.74, 6) is 0. The standard InChI is InChI=1S/C10H9BrFNO/c1-7-2-4-8(5-3-7)9-10(11,12)6-13-14-9/h2-6,9H,1H3. The maximum absolute atomic E-state index is 13.7. The van der Waals surface area contributed by atoms with E-state index in [9.17, 15) is 4.39 Å². The number of aryl methyl sites for hydroxylation is 1. The first kappa shape index (κ1) is 9.65. The first-order valence-corrected chi connectivity index (χ1v) is 5.03. The van der Waals surface area contributed by atoms with Crippen molar-refractivity contribution in [1.29, 1.82) is 0 Å². The van der Waals surface area contributed by atoms with E-state index in [1.54, 1.807) is 0 Å². The number of oxime groups is 1. The summed E-state index contributed by atoms with van der Waals surface area (Å²) in [5.41, 5.74) is 1.90. The highest BCUT2D eigenvalue weighted by atomic mass is 79.9. The highest BCUT2D eigenvalue weighted by Gasteiger charge is 2.42. The van der Waals surface area contributed by atoms with Gasteiger partial charge in [-0.1, -0.05) is 35.0 Å². The molecule has 2 nitrogen and oxygen atoms in total. The van der Waals surface area contributed by atoms with Crippen molar-refractivity contribution in [3.05, 3.63) is 35.4 Å². The molecule has 1 aliphatic heterocycles. The molecule has 14 heavy (non-hydrogen) atoms. The Morgan fingerprint density at radius 2 is 2.07 bits per heavy atom. The second-order valence-electron chi connectivity index (χ2n) is 3.31. The molecule has 0 aliphatic carbocycles. The zero-order chi connectivity index (χ0) is 10.2. The summed E-state index contributed by atoms with van der Waals surface area (Å²) in [6.45, 7) is 1.98. The lowest BCUT2D eigenvalue weighted by Crippen LogP contribution is -2.21. The van der Waals surface area contributed by atoms with Crippen molar-refractivity contribution < 1.29 is 9.23 Å². The maximum atomic E-state index is 13.7. The lowest BCUT2D eigenvalue weighted by Gasteiger charge is -2.17. The minimum atomic E-state index is -1.69. The molecular formula is C10H9BrFNO. The Bertz CT molecular complexity index is 361. The highest BCUT2D eigenvalue weighted by molar-refractivity contribution is 9.10. The van der Waals surface area contributed by atoms with E-state index in [1.807, 2.05) is 31.2 Å². The summed E-state index contributed by atoms with van der Waals surface area (Å²) >= 11 is 2.92. The van der Waals surface area contributed by atoms with Crippen molar-refractivity contribution in [3.63, 3.8) is 0 Å². The number of hydrogen-bond acceptors (Lipinski definition) is 2. The SMILES string of the molecule is Cc1ccc(C2ON=CC2(F)Br)cc1. The van der Waals surface area contributed by atoms with Crippen molar-refractivity contribution >= 4 is 22.1 Å². The molecule has 0 spiro atoms. The maximum Gasteiger partial charge on any atom is 0.246 e. The first-order chi connectivity index (χ1) is 6.59. The fraction of sp³-hybridized carbons (Fsp3) is 0.300. The molecule has 0 aromatic heterocycles. The van der Waals surface area contributed by atoms with Crippen molar-refractivity contribution in [1.82, 2.24) is 0 Å². The van der Waals surface area contributed by atoms with Crippen molar-refractivity contribution in [3.8, 4) is 0 Å². The van der Waals surface area contributed by atoms with Crippen LogP contribution in [0, 0.1) is 6.92 Å². The average molecular weight is 258 g/mol. The summed E-state index contributed by atoms with van der Waals surface area (Å²) in [6.07, 6.45) is 0.431. The molecule has 1 aromatic rings. The molecule has 0 saturated heterocycles. The Labute approximate surface area is 89.9 Å². The Morgan fingerprint density at radius 3 is 2.57 bits per heavy atom. The van der Waals surface area contributed by atoms with Gasteiger partial charge >= 0.3 is 0 Å². The quantitative estimate of drug-likeness (QED) is 0.709. The average Bonchev–Trinajstić information content (AvgIpc) is 2.47. The molecule has 1 aliphatic rings. The number of nitrogens with zero attached hydrogens (tertiary/aromatic N) is 1. The molecule has 2 atom stereocenters. The number of rotatable bonds is 1. The summed E-state index contributed by atoms with van der Waals surface area (Å²) < 4.78 is 12.0. The molecule has 1 aromatic carbocycles. The Morgan fingerprint density at radius 1 is 1.43 bits per heavy atom. The van der Waals surface area contributed by atoms with Gasteiger partial charge in [-0.25, -0.2) is 4.39 Å². The fourth-order valence-corrected chi connectivity index (χ4v) is 1.76. The van der Waals surface area contributed by atoms with E-state index in [1.165, 1.54) is 0 Å². The summed E-state index contributed by atoms with van der Waals surface area (Å²) in [6, 6.07) is 7.51. The van der Waals surface area contributed by atoms with E-state index in [2.05, 4.69) is 21.1 Å². The monoisotopic (exact) mass is 257 g/mol. The van der Waals surface area contributed by atoms with Gasteiger partial charge in [-0.3, -0.25) is 0 Å². The predicted octanol–water partition coefficient (Wildman–Crippen LogP) is 3.11. The minimum Gasteiger partial charge on any atom is -0.383 e. The Balaban J connectivity index is 2.28. The van der Waals surface area contributed by atoms with Crippen LogP contribution in [0.1, 0.15) is 17.2 Å². The molecule has 0 saturated carbocycles. The topological polar surface area (TPSA) is 21.6 Å². The van der Waals surface area contributed by atoms with Gasteiger partial charge in [0.15, 0.2) is 0 Å². The van der Waals surface area contributed by atoms with Gasteiger partial charge in [-0.15, -0.1) is 0 Å². The van der Waals surface area contributed by atoms with E-state index in [0.717, 1.165) is 17.3 Å². The number of halogens is 2. The van der Waals surface area contributed by atoms with Gasteiger partial charge in [0.25, 0.3) is 0 Å². The van der Waals surface area contributed by atoms with Gasteiger partial charge in [0.1, 0.15) is 0 Å². The van der Waals surface area contributed by atoms with Gasteiger partial charge in [-0.05, 0) is 28.4 Å². The van der Waals surface area contributed by atoms with Crippen LogP contribution in [-0.2, 0) is 4.84 Å². The summed E-state index contributed by atoms with van der Waals surface area (Å²) in [4.78, 5) is 4.94. The molecule has 0 N–H and O–H groups in total. The second kappa shape index (κ2) is 3.35. The molecule has 4 heteroatoms. The second-order valence-corrected chi connectivity index (χ2v) is 4.52. The Hall–Kier alpha value is -0.900. The van der Waals surface area contributed by atoms with Crippen LogP contribution < -0.4 is 0 Å². The van der Waals surface area contributed by atoms with E-state index < -0.39 is 10.7 Å². The highest BCUT2D eigenvalue weighted by Crippen LogP contribution is 2.40. The summed E-state index contributed by atoms with van der Waals surface area (Å²) in [7, 11) is 0. The fourth-order valence-electron chi connectivity index (χ4n) is 1.32. The smallest absolute Gasteiger partial charge is 0.246 e. The third-order valence-electron chi connectivity index (χ3n) is 2.12. The predicted molar refractivity (Wildman–Crippen MR) is 56.3 cm³/mol. The molecule has 0 bridgehead atoms. The lowest BCUT2D eigenvalue weighted by atomic mass is 10.0. The van der Waals surface area contributed by atoms with Crippen molar-refractivity contribution in [2.75, 3.05) is 0 Å². The molecule has 0 fully saturated rings. The van der Waals surface area contributed by atoms with Crippen LogP contribution in [0.4, 0.5) is 4.39 Å². The van der Waals surface area contributed by atoms with Crippen LogP contribution in [0.2, 0.25) is 0 Å². The largest absolute Gasteiger partial charge is 0.383 e. The number of hydrogen-bond donors (Lipinski definition) is 0. The summed E-state index contributed by atoms with van der Waals surface area (Å²) in [5, 5.41) is 3.47. The van der Waals surface area contributed by atoms with E-state index in [0.29, 0.717) is 0 Å². The zero-order valence-corrected chi connectivity index (χ0v) is 9.16. The van der Waals surface area contributed by atoms with Crippen LogP contribution in [0.25, 0.3) is 0 Å².